The highest BCUT2D eigenvalue weighted by Crippen LogP contribution is 2.25. The van der Waals surface area contributed by atoms with Crippen LogP contribution in [0.3, 0.4) is 0 Å². The van der Waals surface area contributed by atoms with Gasteiger partial charge in [-0.25, -0.2) is 9.67 Å². The molecule has 0 spiro atoms. The van der Waals surface area contributed by atoms with Crippen LogP contribution in [0.25, 0.3) is 16.8 Å². The lowest BCUT2D eigenvalue weighted by atomic mass is 10.1. The van der Waals surface area contributed by atoms with Crippen molar-refractivity contribution in [2.75, 3.05) is 0 Å². The molecule has 6 heteroatoms. The fourth-order valence-corrected chi connectivity index (χ4v) is 2.87. The van der Waals surface area contributed by atoms with Gasteiger partial charge in [-0.2, -0.15) is 5.10 Å². The summed E-state index contributed by atoms with van der Waals surface area (Å²) in [7, 11) is 0. The van der Waals surface area contributed by atoms with Crippen LogP contribution in [0.2, 0.25) is 0 Å². The predicted molar refractivity (Wildman–Crippen MR) is 106 cm³/mol. The molecule has 6 nitrogen and oxygen atoms in total. The van der Waals surface area contributed by atoms with Crippen molar-refractivity contribution >= 4 is 0 Å². The molecule has 3 heterocycles. The molecule has 1 atom stereocenters. The zero-order valence-electron chi connectivity index (χ0n) is 16.3. The predicted octanol–water partition coefficient (Wildman–Crippen LogP) is 3.99. The monoisotopic (exact) mass is 366 g/mol. The molecule has 0 N–H and O–H groups in total. The van der Waals surface area contributed by atoms with Crippen molar-refractivity contribution in [1.29, 1.82) is 0 Å². The van der Waals surface area contributed by atoms with Crippen LogP contribution in [0.5, 0.6) is 5.88 Å². The van der Waals surface area contributed by atoms with E-state index < -0.39 is 0 Å². The Kier molecular flexibility index (Phi) is 5.74. The Morgan fingerprint density at radius 2 is 1.96 bits per heavy atom. The van der Waals surface area contributed by atoms with E-state index in [1.165, 1.54) is 0 Å². The highest BCUT2D eigenvalue weighted by atomic mass is 16.5. The third kappa shape index (κ3) is 4.27. The summed E-state index contributed by atoms with van der Waals surface area (Å²) in [5.74, 6) is 0.643. The molecule has 142 valence electrons. The molecule has 3 aromatic rings. The number of hydrogen-bond acceptors (Lipinski definition) is 4. The summed E-state index contributed by atoms with van der Waals surface area (Å²) < 4.78 is 9.29. The molecular weight excluding hydrogens is 340 g/mol. The number of aryl methyl sites for hydroxylation is 2. The molecule has 0 aliphatic rings. The van der Waals surface area contributed by atoms with Gasteiger partial charge in [0.25, 0.3) is 5.56 Å². The molecule has 0 amide bonds. The molecule has 0 saturated carbocycles. The number of ether oxygens (including phenoxy) is 1. The van der Waals surface area contributed by atoms with Gasteiger partial charge >= 0.3 is 0 Å². The minimum absolute atomic E-state index is 0.00456. The maximum absolute atomic E-state index is 11.9. The topological polar surface area (TPSA) is 61.9 Å². The molecule has 27 heavy (non-hydrogen) atoms. The van der Waals surface area contributed by atoms with Crippen molar-refractivity contribution in [3.63, 3.8) is 0 Å². The third-order valence-corrected chi connectivity index (χ3v) is 4.55. The molecule has 0 saturated heterocycles. The van der Waals surface area contributed by atoms with Gasteiger partial charge < -0.3 is 9.30 Å². The second-order valence-corrected chi connectivity index (χ2v) is 6.71. The first kappa shape index (κ1) is 18.9. The number of nitrogens with zero attached hydrogens (tertiary/aromatic N) is 4. The van der Waals surface area contributed by atoms with Gasteiger partial charge in [0.2, 0.25) is 5.88 Å². The van der Waals surface area contributed by atoms with Crippen LogP contribution in [-0.4, -0.2) is 25.4 Å². The van der Waals surface area contributed by atoms with E-state index in [9.17, 15) is 4.79 Å². The fraction of sp³-hybridized carbons (Fsp3) is 0.381. The second kappa shape index (κ2) is 8.20. The highest BCUT2D eigenvalue weighted by molar-refractivity contribution is 5.65. The van der Waals surface area contributed by atoms with Gasteiger partial charge in [0.15, 0.2) is 0 Å². The average molecular weight is 366 g/mol. The van der Waals surface area contributed by atoms with Crippen LogP contribution in [0.1, 0.15) is 39.3 Å². The lowest BCUT2D eigenvalue weighted by Gasteiger charge is -2.13. The Balaban J connectivity index is 1.88. The summed E-state index contributed by atoms with van der Waals surface area (Å²) in [5.41, 5.74) is 3.75. The van der Waals surface area contributed by atoms with E-state index in [2.05, 4.69) is 23.9 Å². The zero-order valence-corrected chi connectivity index (χ0v) is 16.3. The van der Waals surface area contributed by atoms with Crippen LogP contribution in [0.15, 0.2) is 47.7 Å². The van der Waals surface area contributed by atoms with E-state index in [-0.39, 0.29) is 11.7 Å². The Morgan fingerprint density at radius 3 is 2.67 bits per heavy atom. The minimum atomic E-state index is 0.00456. The van der Waals surface area contributed by atoms with Crippen molar-refractivity contribution < 1.29 is 4.74 Å². The van der Waals surface area contributed by atoms with Crippen molar-refractivity contribution in [2.45, 2.75) is 53.2 Å². The van der Waals surface area contributed by atoms with Crippen molar-refractivity contribution in [3.05, 3.63) is 58.9 Å². The summed E-state index contributed by atoms with van der Waals surface area (Å²) in [6.07, 6.45) is 7.60. The summed E-state index contributed by atoms with van der Waals surface area (Å²) in [4.78, 5) is 16.5. The van der Waals surface area contributed by atoms with Crippen molar-refractivity contribution in [3.8, 4) is 22.7 Å². The minimum Gasteiger partial charge on any atom is -0.475 e. The Morgan fingerprint density at radius 1 is 1.15 bits per heavy atom. The fourth-order valence-electron chi connectivity index (χ4n) is 2.87. The van der Waals surface area contributed by atoms with E-state index in [1.807, 2.05) is 44.6 Å². The lowest BCUT2D eigenvalue weighted by Crippen LogP contribution is -2.19. The first-order chi connectivity index (χ1) is 13.0. The van der Waals surface area contributed by atoms with Crippen LogP contribution >= 0.6 is 0 Å². The lowest BCUT2D eigenvalue weighted by molar-refractivity contribution is 0.208. The zero-order chi connectivity index (χ0) is 19.4. The average Bonchev–Trinajstić information content (AvgIpc) is 3.13. The largest absolute Gasteiger partial charge is 0.475 e. The van der Waals surface area contributed by atoms with Gasteiger partial charge in [-0.15, -0.1) is 0 Å². The summed E-state index contributed by atoms with van der Waals surface area (Å²) >= 11 is 0. The Labute approximate surface area is 159 Å². The third-order valence-electron chi connectivity index (χ3n) is 4.55. The standard InChI is InChI=1S/C21H26N4O2/c1-5-11-24-14-18(7-10-21(24)26)25-13-17(12-22-25)19-8-9-20(23-16(19)4)27-15(3)6-2/h7-10,12-15H,5-6,11H2,1-4H3/t15-/m0/s1. The van der Waals surface area contributed by atoms with Crippen LogP contribution in [-0.2, 0) is 6.54 Å². The molecule has 3 aromatic heterocycles. The molecule has 3 rings (SSSR count). The highest BCUT2D eigenvalue weighted by Gasteiger charge is 2.10. The Bertz CT molecular complexity index is 974. The molecule has 0 radical (unpaired) electrons. The summed E-state index contributed by atoms with van der Waals surface area (Å²) in [6.45, 7) is 8.84. The molecule has 0 aromatic carbocycles. The van der Waals surface area contributed by atoms with E-state index in [1.54, 1.807) is 21.4 Å². The normalized spacial score (nSPS) is 12.1. The first-order valence-corrected chi connectivity index (χ1v) is 9.42. The van der Waals surface area contributed by atoms with Crippen LogP contribution in [0, 0.1) is 6.92 Å². The first-order valence-electron chi connectivity index (χ1n) is 9.42. The Hall–Kier alpha value is -2.89. The van der Waals surface area contributed by atoms with Gasteiger partial charge in [-0.05, 0) is 38.8 Å². The molecule has 0 fully saturated rings. The van der Waals surface area contributed by atoms with E-state index >= 15 is 0 Å². The molecule has 0 aliphatic carbocycles. The van der Waals surface area contributed by atoms with Gasteiger partial charge in [-0.3, -0.25) is 4.79 Å². The SMILES string of the molecule is CCCn1cc(-n2cc(-c3ccc(O[C@@H](C)CC)nc3C)cn2)ccc1=O. The maximum atomic E-state index is 11.9. The molecule has 0 aliphatic heterocycles. The number of rotatable bonds is 7. The van der Waals surface area contributed by atoms with Crippen molar-refractivity contribution in [1.82, 2.24) is 19.3 Å². The number of pyridine rings is 2. The van der Waals surface area contributed by atoms with Gasteiger partial charge in [0.1, 0.15) is 0 Å². The second-order valence-electron chi connectivity index (χ2n) is 6.71. The molecule has 0 bridgehead atoms. The van der Waals surface area contributed by atoms with Gasteiger partial charge in [0.05, 0.1) is 18.0 Å². The van der Waals surface area contributed by atoms with E-state index in [0.29, 0.717) is 12.4 Å². The van der Waals surface area contributed by atoms with Crippen LogP contribution < -0.4 is 10.3 Å². The van der Waals surface area contributed by atoms with Gasteiger partial charge in [0, 0.05) is 47.9 Å². The quantitative estimate of drug-likeness (QED) is 0.634. The summed E-state index contributed by atoms with van der Waals surface area (Å²) in [5, 5.41) is 4.46. The van der Waals surface area contributed by atoms with E-state index in [4.69, 9.17) is 4.74 Å². The number of aromatic nitrogens is 4. The molecule has 0 unspecified atom stereocenters. The molecular formula is C21H26N4O2. The van der Waals surface area contributed by atoms with Crippen LogP contribution in [0.4, 0.5) is 0 Å². The number of hydrogen-bond donors (Lipinski definition) is 0. The smallest absolute Gasteiger partial charge is 0.250 e. The van der Waals surface area contributed by atoms with Crippen molar-refractivity contribution in [2.24, 2.45) is 0 Å². The van der Waals surface area contributed by atoms with E-state index in [0.717, 1.165) is 35.3 Å². The summed E-state index contributed by atoms with van der Waals surface area (Å²) in [6, 6.07) is 7.28. The van der Waals surface area contributed by atoms with Gasteiger partial charge in [-0.1, -0.05) is 13.8 Å². The maximum Gasteiger partial charge on any atom is 0.250 e.